The van der Waals surface area contributed by atoms with Gasteiger partial charge >= 0.3 is 53.6 Å². The second-order valence-corrected chi connectivity index (χ2v) is 11.1. The fourth-order valence-electron chi connectivity index (χ4n) is 3.95. The summed E-state index contributed by atoms with van der Waals surface area (Å²) in [5, 5.41) is 18.9. The van der Waals surface area contributed by atoms with E-state index in [0.29, 0.717) is 5.69 Å². The molecule has 0 aliphatic carbocycles. The lowest BCUT2D eigenvalue weighted by Gasteiger charge is -2.42. The number of amides is 1. The molecular weight excluding hydrogens is 763 g/mol. The number of halogens is 17. The number of aliphatic carboxylic acids is 1. The monoisotopic (exact) mass is 786 g/mol. The van der Waals surface area contributed by atoms with Crippen LogP contribution >= 0.6 is 0 Å². The van der Waals surface area contributed by atoms with Crippen LogP contribution in [0.15, 0.2) is 58.8 Å². The maximum atomic E-state index is 14.3. The van der Waals surface area contributed by atoms with Crippen molar-refractivity contribution in [1.82, 2.24) is 5.32 Å². The van der Waals surface area contributed by atoms with Crippen LogP contribution < -0.4 is 10.2 Å². The fourth-order valence-corrected chi connectivity index (χ4v) is 3.95. The SMILES string of the molecule is CN(C)c1ccc(/N=N/c2ccc(C(=O)NCC(CCC(F)(F)C(F)(F)C(F)(F)C(F)(F)C(F)(F)C(F)(F)C(F)(F)C(F)(F)F)C(=O)O)cc2)cc1. The minimum atomic E-state index is -8.77. The molecule has 292 valence electrons. The van der Waals surface area contributed by atoms with Gasteiger partial charge in [0.05, 0.1) is 17.3 Å². The van der Waals surface area contributed by atoms with Crippen LogP contribution in [0.2, 0.25) is 0 Å². The number of hydrogen-bond donors (Lipinski definition) is 2. The molecule has 0 fully saturated rings. The van der Waals surface area contributed by atoms with Crippen molar-refractivity contribution in [2.45, 2.75) is 60.5 Å². The van der Waals surface area contributed by atoms with Crippen molar-refractivity contribution in [2.75, 3.05) is 25.5 Å². The lowest BCUT2D eigenvalue weighted by atomic mass is 9.87. The zero-order valence-electron chi connectivity index (χ0n) is 25.8. The highest BCUT2D eigenvalue weighted by Gasteiger charge is 2.95. The number of alkyl halides is 17. The van der Waals surface area contributed by atoms with Gasteiger partial charge in [-0.1, -0.05) is 0 Å². The number of nitrogens with zero attached hydrogens (tertiary/aromatic N) is 3. The molecule has 2 aromatic rings. The molecule has 0 aliphatic rings. The van der Waals surface area contributed by atoms with Crippen LogP contribution in [0.1, 0.15) is 23.2 Å². The van der Waals surface area contributed by atoms with Crippen molar-refractivity contribution in [2.24, 2.45) is 16.1 Å². The van der Waals surface area contributed by atoms with E-state index >= 15 is 0 Å². The third kappa shape index (κ3) is 7.98. The molecule has 0 spiro atoms. The molecule has 1 atom stereocenters. The van der Waals surface area contributed by atoms with Gasteiger partial charge in [0.15, 0.2) is 0 Å². The summed E-state index contributed by atoms with van der Waals surface area (Å²) >= 11 is 0. The zero-order chi connectivity index (χ0) is 40.5. The minimum Gasteiger partial charge on any atom is -0.481 e. The third-order valence-corrected chi connectivity index (χ3v) is 7.23. The smallest absolute Gasteiger partial charge is 0.460 e. The van der Waals surface area contributed by atoms with E-state index in [4.69, 9.17) is 0 Å². The number of anilines is 1. The molecule has 0 aromatic heterocycles. The highest BCUT2D eigenvalue weighted by atomic mass is 19.4. The molecule has 0 heterocycles. The first-order valence-corrected chi connectivity index (χ1v) is 13.8. The average molecular weight is 786 g/mol. The summed E-state index contributed by atoms with van der Waals surface area (Å²) in [6, 6.07) is 11.4. The Labute approximate surface area is 280 Å². The minimum absolute atomic E-state index is 0.178. The molecule has 52 heavy (non-hydrogen) atoms. The van der Waals surface area contributed by atoms with Crippen molar-refractivity contribution in [1.29, 1.82) is 0 Å². The van der Waals surface area contributed by atoms with Crippen LogP contribution in [0.25, 0.3) is 0 Å². The van der Waals surface area contributed by atoms with Crippen molar-refractivity contribution in [3.63, 3.8) is 0 Å². The fraction of sp³-hybridized carbons (Fsp3) is 0.500. The number of carboxylic acids is 1. The zero-order valence-corrected chi connectivity index (χ0v) is 25.8. The van der Waals surface area contributed by atoms with Gasteiger partial charge in [-0.2, -0.15) is 84.9 Å². The van der Waals surface area contributed by atoms with E-state index < -0.39 is 84.8 Å². The van der Waals surface area contributed by atoms with Gasteiger partial charge < -0.3 is 15.3 Å². The van der Waals surface area contributed by atoms with Crippen molar-refractivity contribution >= 4 is 28.9 Å². The summed E-state index contributed by atoms with van der Waals surface area (Å²) in [4.78, 5) is 25.7. The molecule has 7 nitrogen and oxygen atoms in total. The molecule has 2 N–H and O–H groups in total. The molecule has 0 bridgehead atoms. The maximum Gasteiger partial charge on any atom is 0.460 e. The Kier molecular flexibility index (Phi) is 12.2. The van der Waals surface area contributed by atoms with E-state index in [1.807, 2.05) is 10.2 Å². The topological polar surface area (TPSA) is 94.4 Å². The van der Waals surface area contributed by atoms with E-state index in [-0.39, 0.29) is 11.3 Å². The lowest BCUT2D eigenvalue weighted by molar-refractivity contribution is -0.461. The standard InChI is InChI=1S/C28H23F17N4O3/c1-49(2)18-9-7-17(8-10-18)48-47-16-5-3-14(4-6-16)19(50)46-13-15(20(51)52)11-12-21(29,30)22(31,32)23(33,34)24(35,36)25(37,38)26(39,40)27(41,42)28(43,44)45/h3-10,15H,11-13H2,1-2H3,(H,46,50)(H,51,52)/b48-47+. The molecule has 2 rings (SSSR count). The second-order valence-electron chi connectivity index (χ2n) is 11.1. The first-order chi connectivity index (χ1) is 23.3. The third-order valence-electron chi connectivity index (χ3n) is 7.23. The van der Waals surface area contributed by atoms with Gasteiger partial charge in [-0.3, -0.25) is 9.59 Å². The van der Waals surface area contributed by atoms with E-state index in [2.05, 4.69) is 10.2 Å². The van der Waals surface area contributed by atoms with Crippen molar-refractivity contribution < 1.29 is 89.3 Å². The number of carbonyl (C=O) groups is 2. The number of hydrogen-bond acceptors (Lipinski definition) is 5. The summed E-state index contributed by atoms with van der Waals surface area (Å²) in [5.74, 6) is -63.4. The maximum absolute atomic E-state index is 14.3. The average Bonchev–Trinajstić information content (AvgIpc) is 3.02. The molecule has 0 aliphatic heterocycles. The lowest BCUT2D eigenvalue weighted by Crippen LogP contribution is -2.74. The van der Waals surface area contributed by atoms with E-state index in [0.717, 1.165) is 17.8 Å². The predicted octanol–water partition coefficient (Wildman–Crippen LogP) is 9.39. The number of rotatable bonds is 16. The Morgan fingerprint density at radius 2 is 1.02 bits per heavy atom. The number of azo groups is 1. The van der Waals surface area contributed by atoms with Gasteiger partial charge in [0.2, 0.25) is 0 Å². The molecule has 0 saturated carbocycles. The van der Waals surface area contributed by atoms with E-state index in [1.165, 1.54) is 12.1 Å². The van der Waals surface area contributed by atoms with Gasteiger partial charge in [-0.25, -0.2) is 0 Å². The summed E-state index contributed by atoms with van der Waals surface area (Å²) in [6.07, 6.45) is -12.8. The number of carbonyl (C=O) groups excluding carboxylic acids is 1. The predicted molar refractivity (Wildman–Crippen MR) is 145 cm³/mol. The van der Waals surface area contributed by atoms with Gasteiger partial charge in [0, 0.05) is 38.3 Å². The second kappa shape index (κ2) is 14.5. The highest BCUT2D eigenvalue weighted by Crippen LogP contribution is 2.64. The Morgan fingerprint density at radius 1 is 0.635 bits per heavy atom. The Balaban J connectivity index is 2.18. The normalized spacial score (nSPS) is 14.8. The number of carboxylic acid groups (broad SMARTS) is 1. The molecule has 0 saturated heterocycles. The number of nitrogens with one attached hydrogen (secondary N) is 1. The Hall–Kier alpha value is -4.41. The molecule has 1 unspecified atom stereocenters. The molecular formula is C28H23F17N4O3. The van der Waals surface area contributed by atoms with Crippen LogP contribution in [0.4, 0.5) is 91.7 Å². The Bertz CT molecular complexity index is 1590. The van der Waals surface area contributed by atoms with Crippen molar-refractivity contribution in [3.05, 3.63) is 54.1 Å². The van der Waals surface area contributed by atoms with Gasteiger partial charge in [0.1, 0.15) is 0 Å². The first-order valence-electron chi connectivity index (χ1n) is 13.8. The number of benzene rings is 2. The quantitative estimate of drug-likeness (QED) is 0.131. The van der Waals surface area contributed by atoms with Crippen LogP contribution in [0.3, 0.4) is 0 Å². The van der Waals surface area contributed by atoms with Crippen LogP contribution in [-0.4, -0.2) is 85.3 Å². The van der Waals surface area contributed by atoms with E-state index in [1.54, 1.807) is 38.4 Å². The molecule has 1 amide bonds. The summed E-state index contributed by atoms with van der Waals surface area (Å²) in [6.45, 7) is -1.26. The van der Waals surface area contributed by atoms with Gasteiger partial charge in [-0.05, 0) is 55.0 Å². The largest absolute Gasteiger partial charge is 0.481 e. The molecule has 24 heteroatoms. The molecule has 2 aromatic carbocycles. The van der Waals surface area contributed by atoms with Crippen molar-refractivity contribution in [3.8, 4) is 0 Å². The highest BCUT2D eigenvalue weighted by molar-refractivity contribution is 5.94. The van der Waals surface area contributed by atoms with Crippen LogP contribution in [0, 0.1) is 5.92 Å². The molecule has 0 radical (unpaired) electrons. The van der Waals surface area contributed by atoms with Crippen LogP contribution in [0.5, 0.6) is 0 Å². The summed E-state index contributed by atoms with van der Waals surface area (Å²) in [5.41, 5.74) is 1.20. The van der Waals surface area contributed by atoms with Crippen LogP contribution in [-0.2, 0) is 4.79 Å². The van der Waals surface area contributed by atoms with Gasteiger partial charge in [-0.15, -0.1) is 0 Å². The first kappa shape index (κ1) is 43.8. The summed E-state index contributed by atoms with van der Waals surface area (Å²) < 4.78 is 229. The summed E-state index contributed by atoms with van der Waals surface area (Å²) in [7, 11) is 3.59. The van der Waals surface area contributed by atoms with Gasteiger partial charge in [0.25, 0.3) is 5.91 Å². The Morgan fingerprint density at radius 3 is 1.40 bits per heavy atom. The van der Waals surface area contributed by atoms with E-state index in [9.17, 15) is 89.3 Å².